The summed E-state index contributed by atoms with van der Waals surface area (Å²) in [5, 5.41) is 8.07. The molecule has 0 aliphatic carbocycles. The minimum Gasteiger partial charge on any atom is -0.444 e. The van der Waals surface area contributed by atoms with Crippen LogP contribution in [0.5, 0.6) is 0 Å². The SMILES string of the molecule is CC(C)(C)OC(=O)N[C@H]1CCCN(c2cc(Cl)ncc2-c2cnn(CCN3CCCC3)c2)C1. The molecule has 2 saturated heterocycles. The summed E-state index contributed by atoms with van der Waals surface area (Å²) < 4.78 is 7.45. The molecule has 0 saturated carbocycles. The molecule has 0 bridgehead atoms. The van der Waals surface area contributed by atoms with Crippen molar-refractivity contribution in [3.63, 3.8) is 0 Å². The molecule has 4 heterocycles. The van der Waals surface area contributed by atoms with E-state index in [-0.39, 0.29) is 12.1 Å². The van der Waals surface area contributed by atoms with Crippen molar-refractivity contribution in [1.29, 1.82) is 0 Å². The first kappa shape index (κ1) is 23.8. The number of likely N-dealkylation sites (tertiary alicyclic amines) is 1. The minimum absolute atomic E-state index is 0.0107. The fourth-order valence-corrected chi connectivity index (χ4v) is 4.72. The van der Waals surface area contributed by atoms with Gasteiger partial charge < -0.3 is 19.9 Å². The van der Waals surface area contributed by atoms with E-state index >= 15 is 0 Å². The van der Waals surface area contributed by atoms with Crippen LogP contribution in [-0.2, 0) is 11.3 Å². The fraction of sp³-hybridized carbons (Fsp3) is 0.625. The van der Waals surface area contributed by atoms with Crippen molar-refractivity contribution >= 4 is 23.4 Å². The molecule has 1 amide bonds. The number of hydrogen-bond donors (Lipinski definition) is 1. The van der Waals surface area contributed by atoms with E-state index in [4.69, 9.17) is 16.3 Å². The van der Waals surface area contributed by atoms with Crippen molar-refractivity contribution < 1.29 is 9.53 Å². The van der Waals surface area contributed by atoms with Crippen LogP contribution in [0, 0.1) is 0 Å². The number of ether oxygens (including phenoxy) is 1. The number of rotatable bonds is 6. The summed E-state index contributed by atoms with van der Waals surface area (Å²) in [5.74, 6) is 0. The van der Waals surface area contributed by atoms with Crippen molar-refractivity contribution in [2.75, 3.05) is 37.6 Å². The molecule has 0 spiro atoms. The Kier molecular flexibility index (Phi) is 7.44. The third-order valence-electron chi connectivity index (χ3n) is 6.12. The predicted octanol–water partition coefficient (Wildman–Crippen LogP) is 4.19. The summed E-state index contributed by atoms with van der Waals surface area (Å²) in [5.41, 5.74) is 2.53. The molecule has 9 heteroatoms. The Hall–Kier alpha value is -2.32. The molecule has 2 aliphatic heterocycles. The number of piperidine rings is 1. The number of nitrogens with one attached hydrogen (secondary N) is 1. The first-order valence-electron chi connectivity index (χ1n) is 11.9. The zero-order valence-electron chi connectivity index (χ0n) is 19.9. The van der Waals surface area contributed by atoms with Gasteiger partial charge in [0.1, 0.15) is 10.8 Å². The van der Waals surface area contributed by atoms with E-state index in [0.717, 1.165) is 49.3 Å². The largest absolute Gasteiger partial charge is 0.444 e. The molecule has 1 atom stereocenters. The highest BCUT2D eigenvalue weighted by molar-refractivity contribution is 6.29. The van der Waals surface area contributed by atoms with Crippen molar-refractivity contribution in [1.82, 2.24) is 25.0 Å². The van der Waals surface area contributed by atoms with Gasteiger partial charge in [-0.1, -0.05) is 11.6 Å². The monoisotopic (exact) mass is 474 g/mol. The summed E-state index contributed by atoms with van der Waals surface area (Å²) in [6.45, 7) is 11.5. The molecular weight excluding hydrogens is 440 g/mol. The molecule has 2 fully saturated rings. The average molecular weight is 475 g/mol. The number of carbonyl (C=O) groups is 1. The Morgan fingerprint density at radius 3 is 2.73 bits per heavy atom. The van der Waals surface area contributed by atoms with Crippen LogP contribution in [0.4, 0.5) is 10.5 Å². The molecule has 4 rings (SSSR count). The van der Waals surface area contributed by atoms with Crippen LogP contribution in [0.2, 0.25) is 5.15 Å². The maximum Gasteiger partial charge on any atom is 0.407 e. The normalized spacial score (nSPS) is 19.6. The van der Waals surface area contributed by atoms with Gasteiger partial charge in [-0.05, 0) is 65.6 Å². The van der Waals surface area contributed by atoms with Gasteiger partial charge in [0.15, 0.2) is 0 Å². The highest BCUT2D eigenvalue weighted by Gasteiger charge is 2.26. The van der Waals surface area contributed by atoms with Crippen molar-refractivity contribution in [2.45, 2.75) is 64.6 Å². The Morgan fingerprint density at radius 1 is 1.18 bits per heavy atom. The highest BCUT2D eigenvalue weighted by atomic mass is 35.5. The fourth-order valence-electron chi connectivity index (χ4n) is 4.57. The lowest BCUT2D eigenvalue weighted by atomic mass is 10.0. The van der Waals surface area contributed by atoms with E-state index in [1.54, 1.807) is 0 Å². The predicted molar refractivity (Wildman–Crippen MR) is 131 cm³/mol. The Labute approximate surface area is 201 Å². The number of anilines is 1. The zero-order valence-corrected chi connectivity index (χ0v) is 20.6. The van der Waals surface area contributed by atoms with Crippen LogP contribution < -0.4 is 10.2 Å². The van der Waals surface area contributed by atoms with Crippen LogP contribution >= 0.6 is 11.6 Å². The summed E-state index contributed by atoms with van der Waals surface area (Å²) in [7, 11) is 0. The van der Waals surface area contributed by atoms with E-state index in [1.807, 2.05) is 43.9 Å². The number of pyridine rings is 1. The summed E-state index contributed by atoms with van der Waals surface area (Å²) >= 11 is 6.29. The van der Waals surface area contributed by atoms with Crippen LogP contribution in [0.25, 0.3) is 11.1 Å². The summed E-state index contributed by atoms with van der Waals surface area (Å²) in [4.78, 5) is 21.4. The second kappa shape index (κ2) is 10.3. The van der Waals surface area contributed by atoms with E-state index in [2.05, 4.69) is 31.4 Å². The van der Waals surface area contributed by atoms with Crippen LogP contribution in [0.3, 0.4) is 0 Å². The molecule has 2 aliphatic rings. The van der Waals surface area contributed by atoms with Gasteiger partial charge in [0.25, 0.3) is 0 Å². The lowest BCUT2D eigenvalue weighted by molar-refractivity contribution is 0.0500. The number of carbonyl (C=O) groups excluding carboxylic acids is 1. The smallest absolute Gasteiger partial charge is 0.407 e. The van der Waals surface area contributed by atoms with Gasteiger partial charge in [0, 0.05) is 54.9 Å². The summed E-state index contributed by atoms with van der Waals surface area (Å²) in [6.07, 6.45) is 9.91. The van der Waals surface area contributed by atoms with Gasteiger partial charge in [-0.3, -0.25) is 4.68 Å². The Bertz CT molecular complexity index is 951. The molecule has 33 heavy (non-hydrogen) atoms. The van der Waals surface area contributed by atoms with E-state index < -0.39 is 5.60 Å². The molecule has 1 N–H and O–H groups in total. The number of aromatic nitrogens is 3. The van der Waals surface area contributed by atoms with E-state index in [0.29, 0.717) is 11.7 Å². The Morgan fingerprint density at radius 2 is 1.97 bits per heavy atom. The number of amides is 1. The third kappa shape index (κ3) is 6.60. The van der Waals surface area contributed by atoms with Crippen LogP contribution in [0.15, 0.2) is 24.7 Å². The van der Waals surface area contributed by atoms with Crippen LogP contribution in [0.1, 0.15) is 46.5 Å². The van der Waals surface area contributed by atoms with Gasteiger partial charge in [0.05, 0.1) is 12.7 Å². The lowest BCUT2D eigenvalue weighted by Crippen LogP contribution is -2.49. The minimum atomic E-state index is -0.515. The molecule has 0 aromatic carbocycles. The van der Waals surface area contributed by atoms with Gasteiger partial charge >= 0.3 is 6.09 Å². The van der Waals surface area contributed by atoms with Crippen molar-refractivity contribution in [2.24, 2.45) is 0 Å². The first-order chi connectivity index (χ1) is 15.8. The van der Waals surface area contributed by atoms with Crippen molar-refractivity contribution in [3.8, 4) is 11.1 Å². The summed E-state index contributed by atoms with van der Waals surface area (Å²) in [6, 6.07) is 1.92. The topological polar surface area (TPSA) is 75.5 Å². The van der Waals surface area contributed by atoms with Gasteiger partial charge in [0.2, 0.25) is 0 Å². The maximum atomic E-state index is 12.3. The molecule has 2 aromatic rings. The average Bonchev–Trinajstić information content (AvgIpc) is 3.43. The molecular formula is C24H35ClN6O2. The van der Waals surface area contributed by atoms with E-state index in [1.165, 1.54) is 25.9 Å². The maximum absolute atomic E-state index is 12.3. The molecule has 0 unspecified atom stereocenters. The van der Waals surface area contributed by atoms with Gasteiger partial charge in [-0.2, -0.15) is 5.10 Å². The zero-order chi connectivity index (χ0) is 23.4. The van der Waals surface area contributed by atoms with E-state index in [9.17, 15) is 4.79 Å². The second-order valence-electron chi connectivity index (χ2n) is 10.00. The molecule has 2 aromatic heterocycles. The third-order valence-corrected chi connectivity index (χ3v) is 6.33. The lowest BCUT2D eigenvalue weighted by Gasteiger charge is -2.36. The number of alkyl carbamates (subject to hydrolysis) is 1. The number of nitrogens with zero attached hydrogens (tertiary/aromatic N) is 5. The Balaban J connectivity index is 1.46. The number of hydrogen-bond acceptors (Lipinski definition) is 6. The second-order valence-corrected chi connectivity index (χ2v) is 10.4. The molecule has 0 radical (unpaired) electrons. The van der Waals surface area contributed by atoms with Crippen LogP contribution in [-0.4, -0.2) is 70.1 Å². The van der Waals surface area contributed by atoms with Gasteiger partial charge in [-0.15, -0.1) is 0 Å². The van der Waals surface area contributed by atoms with Gasteiger partial charge in [-0.25, -0.2) is 9.78 Å². The number of halogens is 1. The first-order valence-corrected chi connectivity index (χ1v) is 12.3. The molecule has 180 valence electrons. The standard InChI is InChI=1S/C24H35ClN6O2/c1-24(2,3)33-23(32)28-19-7-6-10-30(17-19)21-13-22(25)26-15-20(21)18-14-27-31(16-18)12-11-29-8-4-5-9-29/h13-16,19H,4-12,17H2,1-3H3,(H,28,32)/t19-/m0/s1. The quantitative estimate of drug-likeness (QED) is 0.633. The highest BCUT2D eigenvalue weighted by Crippen LogP contribution is 2.33. The van der Waals surface area contributed by atoms with Crippen molar-refractivity contribution in [3.05, 3.63) is 29.8 Å². The molecule has 8 nitrogen and oxygen atoms in total.